The zero-order valence-corrected chi connectivity index (χ0v) is 20.9. The average Bonchev–Trinajstić information content (AvgIpc) is 2.82. The Balaban J connectivity index is 1.63. The number of ether oxygens (including phenoxy) is 1. The van der Waals surface area contributed by atoms with Gasteiger partial charge in [-0.3, -0.25) is 0 Å². The van der Waals surface area contributed by atoms with Gasteiger partial charge in [-0.05, 0) is 80.7 Å². The predicted molar refractivity (Wildman–Crippen MR) is 138 cm³/mol. The molecule has 9 heteroatoms. The van der Waals surface area contributed by atoms with Crippen molar-refractivity contribution in [2.75, 3.05) is 54.9 Å². The Morgan fingerprint density at radius 1 is 0.909 bits per heavy atom. The molecule has 0 unspecified atom stereocenters. The molecule has 2 saturated heterocycles. The van der Waals surface area contributed by atoms with Crippen LogP contribution >= 0.6 is 12.2 Å². The summed E-state index contributed by atoms with van der Waals surface area (Å²) >= 11 is 5.63. The number of aryl methyl sites for hydroxylation is 2. The van der Waals surface area contributed by atoms with E-state index < -0.39 is 10.0 Å². The van der Waals surface area contributed by atoms with Crippen LogP contribution in [0.2, 0.25) is 0 Å². The first-order chi connectivity index (χ1) is 15.8. The number of hydrogen-bond acceptors (Lipinski definition) is 5. The summed E-state index contributed by atoms with van der Waals surface area (Å²) in [5.74, 6) is 0. The summed E-state index contributed by atoms with van der Waals surface area (Å²) in [6.45, 7) is 7.52. The van der Waals surface area contributed by atoms with Crippen LogP contribution < -0.4 is 15.5 Å². The Hall–Kier alpha value is -2.20. The first kappa shape index (κ1) is 23.9. The highest BCUT2D eigenvalue weighted by Crippen LogP contribution is 2.32. The minimum atomic E-state index is -3.61. The van der Waals surface area contributed by atoms with Gasteiger partial charge in [-0.1, -0.05) is 12.1 Å². The monoisotopic (exact) mass is 488 g/mol. The maximum Gasteiger partial charge on any atom is 0.243 e. The molecule has 0 atom stereocenters. The van der Waals surface area contributed by atoms with Crippen molar-refractivity contribution in [3.8, 4) is 0 Å². The molecule has 0 spiro atoms. The zero-order valence-electron chi connectivity index (χ0n) is 19.3. The smallest absolute Gasteiger partial charge is 0.243 e. The van der Waals surface area contributed by atoms with Gasteiger partial charge in [0.1, 0.15) is 0 Å². The predicted octanol–water partition coefficient (Wildman–Crippen LogP) is 4.12. The van der Waals surface area contributed by atoms with Gasteiger partial charge in [-0.15, -0.1) is 0 Å². The molecule has 2 heterocycles. The fourth-order valence-corrected chi connectivity index (χ4v) is 5.92. The summed E-state index contributed by atoms with van der Waals surface area (Å²) in [7, 11) is -3.61. The minimum Gasteiger partial charge on any atom is -0.379 e. The van der Waals surface area contributed by atoms with E-state index in [4.69, 9.17) is 17.0 Å². The van der Waals surface area contributed by atoms with E-state index in [1.165, 1.54) is 10.7 Å². The molecule has 2 aliphatic rings. The molecule has 0 bridgehead atoms. The molecule has 178 valence electrons. The lowest BCUT2D eigenvalue weighted by Gasteiger charge is -2.31. The molecule has 2 aliphatic heterocycles. The number of thiocarbonyl (C=S) groups is 1. The Kier molecular flexibility index (Phi) is 7.53. The highest BCUT2D eigenvalue weighted by Gasteiger charge is 2.28. The Labute approximate surface area is 202 Å². The van der Waals surface area contributed by atoms with Crippen LogP contribution in [-0.4, -0.2) is 57.2 Å². The Morgan fingerprint density at radius 2 is 1.61 bits per heavy atom. The number of nitrogens with zero attached hydrogens (tertiary/aromatic N) is 2. The minimum absolute atomic E-state index is 0.266. The number of morpholine rings is 1. The molecule has 2 N–H and O–H groups in total. The zero-order chi connectivity index (χ0) is 23.4. The van der Waals surface area contributed by atoms with Crippen molar-refractivity contribution in [1.29, 1.82) is 0 Å². The van der Waals surface area contributed by atoms with E-state index in [-0.39, 0.29) is 4.90 Å². The van der Waals surface area contributed by atoms with E-state index in [1.54, 1.807) is 12.1 Å². The summed E-state index contributed by atoms with van der Waals surface area (Å²) in [6, 6.07) is 11.5. The van der Waals surface area contributed by atoms with Gasteiger partial charge < -0.3 is 20.3 Å². The van der Waals surface area contributed by atoms with Gasteiger partial charge in [0, 0.05) is 31.9 Å². The van der Waals surface area contributed by atoms with Gasteiger partial charge in [0.25, 0.3) is 0 Å². The molecule has 2 fully saturated rings. The standard InChI is InChI=1S/C24H32N4O3S2/c1-18-6-7-19(2)21(16-18)25-24(32)26-22-17-20(33(29,30)28-12-14-31-15-13-28)8-9-23(22)27-10-4-3-5-11-27/h6-9,16-17H,3-5,10-15H2,1-2H3,(H2,25,26,32). The van der Waals surface area contributed by atoms with Crippen molar-refractivity contribution in [2.24, 2.45) is 0 Å². The number of sulfonamides is 1. The number of rotatable bonds is 5. The van der Waals surface area contributed by atoms with Crippen molar-refractivity contribution in [2.45, 2.75) is 38.0 Å². The number of anilines is 3. The maximum absolute atomic E-state index is 13.3. The number of piperidine rings is 1. The summed E-state index contributed by atoms with van der Waals surface area (Å²) < 4.78 is 33.4. The Morgan fingerprint density at radius 3 is 2.33 bits per heavy atom. The third-order valence-corrected chi connectivity index (χ3v) is 8.26. The molecule has 0 radical (unpaired) electrons. The van der Waals surface area contributed by atoms with Gasteiger partial charge in [0.05, 0.1) is 29.5 Å². The first-order valence-electron chi connectivity index (χ1n) is 11.5. The van der Waals surface area contributed by atoms with Crippen LogP contribution in [0.4, 0.5) is 17.1 Å². The van der Waals surface area contributed by atoms with Gasteiger partial charge in [0.2, 0.25) is 10.0 Å². The van der Waals surface area contributed by atoms with Gasteiger partial charge >= 0.3 is 0 Å². The van der Waals surface area contributed by atoms with Crippen LogP contribution in [0.1, 0.15) is 30.4 Å². The molecular weight excluding hydrogens is 456 g/mol. The maximum atomic E-state index is 13.3. The molecule has 0 aliphatic carbocycles. The molecule has 2 aromatic carbocycles. The largest absolute Gasteiger partial charge is 0.379 e. The van der Waals surface area contributed by atoms with Crippen LogP contribution in [0.5, 0.6) is 0 Å². The fraction of sp³-hybridized carbons (Fsp3) is 0.458. The lowest BCUT2D eigenvalue weighted by molar-refractivity contribution is 0.0730. The molecular formula is C24H32N4O3S2. The fourth-order valence-electron chi connectivity index (χ4n) is 4.27. The molecule has 33 heavy (non-hydrogen) atoms. The van der Waals surface area contributed by atoms with E-state index in [0.717, 1.165) is 48.4 Å². The molecule has 7 nitrogen and oxygen atoms in total. The van der Waals surface area contributed by atoms with E-state index in [2.05, 4.69) is 27.7 Å². The van der Waals surface area contributed by atoms with Crippen molar-refractivity contribution in [3.05, 3.63) is 47.5 Å². The third-order valence-electron chi connectivity index (χ3n) is 6.16. The topological polar surface area (TPSA) is 73.9 Å². The number of hydrogen-bond donors (Lipinski definition) is 2. The second-order valence-corrected chi connectivity index (χ2v) is 11.0. The van der Waals surface area contributed by atoms with E-state index in [9.17, 15) is 8.42 Å². The second-order valence-electron chi connectivity index (χ2n) is 8.64. The van der Waals surface area contributed by atoms with Crippen LogP contribution in [0, 0.1) is 13.8 Å². The van der Waals surface area contributed by atoms with Crippen LogP contribution in [0.25, 0.3) is 0 Å². The Bertz CT molecular complexity index is 1110. The normalized spacial score (nSPS) is 17.6. The highest BCUT2D eigenvalue weighted by atomic mass is 32.2. The van der Waals surface area contributed by atoms with Gasteiger partial charge in [-0.2, -0.15) is 4.31 Å². The number of nitrogens with one attached hydrogen (secondary N) is 2. The van der Waals surface area contributed by atoms with Crippen LogP contribution in [-0.2, 0) is 14.8 Å². The first-order valence-corrected chi connectivity index (χ1v) is 13.3. The van der Waals surface area contributed by atoms with Gasteiger partial charge in [0.15, 0.2) is 5.11 Å². The molecule has 4 rings (SSSR count). The molecule has 0 aromatic heterocycles. The quantitative estimate of drug-likeness (QED) is 0.613. The van der Waals surface area contributed by atoms with Crippen molar-refractivity contribution in [3.63, 3.8) is 0 Å². The summed E-state index contributed by atoms with van der Waals surface area (Å²) in [5.41, 5.74) is 4.84. The van der Waals surface area contributed by atoms with Crippen molar-refractivity contribution >= 4 is 44.4 Å². The lowest BCUT2D eigenvalue weighted by atomic mass is 10.1. The van der Waals surface area contributed by atoms with E-state index in [1.807, 2.05) is 26.0 Å². The molecule has 0 amide bonds. The number of benzene rings is 2. The van der Waals surface area contributed by atoms with Crippen LogP contribution in [0.3, 0.4) is 0 Å². The van der Waals surface area contributed by atoms with Crippen LogP contribution in [0.15, 0.2) is 41.3 Å². The summed E-state index contributed by atoms with van der Waals surface area (Å²) in [5, 5.41) is 7.00. The van der Waals surface area contributed by atoms with Crippen molar-refractivity contribution < 1.29 is 13.2 Å². The third kappa shape index (κ3) is 5.66. The second kappa shape index (κ2) is 10.4. The summed E-state index contributed by atoms with van der Waals surface area (Å²) in [4.78, 5) is 2.57. The molecule has 2 aromatic rings. The van der Waals surface area contributed by atoms with E-state index >= 15 is 0 Å². The lowest BCUT2D eigenvalue weighted by Crippen LogP contribution is -2.40. The summed E-state index contributed by atoms with van der Waals surface area (Å²) in [6.07, 6.45) is 3.46. The van der Waals surface area contributed by atoms with Gasteiger partial charge in [-0.25, -0.2) is 8.42 Å². The highest BCUT2D eigenvalue weighted by molar-refractivity contribution is 7.89. The average molecular weight is 489 g/mol. The molecule has 0 saturated carbocycles. The van der Waals surface area contributed by atoms with E-state index in [0.29, 0.717) is 37.1 Å². The SMILES string of the molecule is Cc1ccc(C)c(NC(=S)Nc2cc(S(=O)(=O)N3CCOCC3)ccc2N2CCCCC2)c1. The van der Waals surface area contributed by atoms with Crippen molar-refractivity contribution in [1.82, 2.24) is 4.31 Å².